The van der Waals surface area contributed by atoms with E-state index < -0.39 is 36.0 Å². The lowest BCUT2D eigenvalue weighted by Gasteiger charge is -2.22. The van der Waals surface area contributed by atoms with Crippen molar-refractivity contribution in [1.82, 2.24) is 0 Å². The van der Waals surface area contributed by atoms with Gasteiger partial charge in [0, 0.05) is 13.3 Å². The summed E-state index contributed by atoms with van der Waals surface area (Å²) in [6.45, 7) is 5.48. The maximum atomic E-state index is 12.2. The van der Waals surface area contributed by atoms with E-state index in [4.69, 9.17) is 9.84 Å². The second kappa shape index (κ2) is 11.3. The lowest BCUT2D eigenvalue weighted by atomic mass is 10.0. The highest BCUT2D eigenvalue weighted by Gasteiger charge is 2.36. The van der Waals surface area contributed by atoms with E-state index in [1.165, 1.54) is 13.8 Å². The highest BCUT2D eigenvalue weighted by Crippen LogP contribution is 2.15. The lowest BCUT2D eigenvalue weighted by Crippen LogP contribution is -2.40. The third kappa shape index (κ3) is 8.97. The van der Waals surface area contributed by atoms with E-state index in [0.29, 0.717) is 6.42 Å². The minimum absolute atomic E-state index is 0.166. The van der Waals surface area contributed by atoms with Crippen LogP contribution in [0.1, 0.15) is 59.8 Å². The predicted molar refractivity (Wildman–Crippen MR) is 86.7 cm³/mol. The Labute approximate surface area is 146 Å². The van der Waals surface area contributed by atoms with E-state index >= 15 is 0 Å². The quantitative estimate of drug-likeness (QED) is 0.413. The smallest absolute Gasteiger partial charge is 0.345 e. The minimum atomic E-state index is -1.72. The maximum Gasteiger partial charge on any atom is 0.345 e. The molecule has 0 saturated heterocycles. The number of aliphatic carboxylic acids is 1. The number of ether oxygens (including phenoxy) is 2. The number of rotatable bonds is 12. The van der Waals surface area contributed by atoms with Gasteiger partial charge in [0.05, 0.1) is 6.42 Å². The zero-order valence-corrected chi connectivity index (χ0v) is 15.1. The molecule has 8 nitrogen and oxygen atoms in total. The van der Waals surface area contributed by atoms with Crippen molar-refractivity contribution in [3.05, 3.63) is 0 Å². The van der Waals surface area contributed by atoms with Gasteiger partial charge in [-0.25, -0.2) is 4.79 Å². The van der Waals surface area contributed by atoms with E-state index in [1.54, 1.807) is 0 Å². The highest BCUT2D eigenvalue weighted by molar-refractivity contribution is 5.91. The van der Waals surface area contributed by atoms with Crippen molar-refractivity contribution in [2.24, 2.45) is 5.92 Å². The first-order valence-electron chi connectivity index (χ1n) is 8.22. The molecule has 3 atom stereocenters. The molecule has 142 valence electrons. The Bertz CT molecular complexity index is 511. The fraction of sp³-hybridized carbons (Fsp3) is 0.706. The average Bonchev–Trinajstić information content (AvgIpc) is 2.50. The Hall–Kier alpha value is -2.25. The van der Waals surface area contributed by atoms with Gasteiger partial charge in [0.2, 0.25) is 6.10 Å². The Morgan fingerprint density at radius 1 is 1.00 bits per heavy atom. The number of ketones is 2. The molecule has 0 spiro atoms. The molecule has 0 aliphatic carbocycles. The molecule has 0 rings (SSSR count). The molecular formula is C17H26O8. The molecular weight excluding hydrogens is 332 g/mol. The zero-order chi connectivity index (χ0) is 19.6. The van der Waals surface area contributed by atoms with Crippen LogP contribution in [-0.2, 0) is 33.4 Å². The van der Waals surface area contributed by atoms with Crippen LogP contribution in [0.2, 0.25) is 0 Å². The van der Waals surface area contributed by atoms with E-state index in [9.17, 15) is 24.0 Å². The van der Waals surface area contributed by atoms with E-state index in [-0.39, 0.29) is 24.4 Å². The van der Waals surface area contributed by atoms with Crippen molar-refractivity contribution in [1.29, 1.82) is 0 Å². The first kappa shape index (κ1) is 22.8. The van der Waals surface area contributed by atoms with Crippen molar-refractivity contribution >= 4 is 29.5 Å². The first-order chi connectivity index (χ1) is 11.6. The number of hydrogen-bond donors (Lipinski definition) is 1. The summed E-state index contributed by atoms with van der Waals surface area (Å²) in [6, 6.07) is 0. The van der Waals surface area contributed by atoms with Crippen LogP contribution in [0.4, 0.5) is 0 Å². The SMILES string of the molecule is CCCCCC(=O)[C@@H](CC(C)=O)OC(=O)[C@H](C)[C@@H](OC(C)=O)C(=O)O. The van der Waals surface area contributed by atoms with E-state index in [0.717, 1.165) is 19.8 Å². The number of hydrogen-bond acceptors (Lipinski definition) is 7. The number of carbonyl (C=O) groups excluding carboxylic acids is 4. The van der Waals surface area contributed by atoms with Crippen LogP contribution in [0.3, 0.4) is 0 Å². The molecule has 25 heavy (non-hydrogen) atoms. The van der Waals surface area contributed by atoms with Gasteiger partial charge in [-0.1, -0.05) is 19.8 Å². The standard InChI is InChI=1S/C17H26O8/c1-5-6-7-8-13(20)14(9-10(2)18)25-17(23)11(3)15(16(21)22)24-12(4)19/h11,14-15H,5-9H2,1-4H3,(H,21,22)/t11-,14-,15-/m1/s1. The monoisotopic (exact) mass is 358 g/mol. The summed E-state index contributed by atoms with van der Waals surface area (Å²) >= 11 is 0. The third-order valence-corrected chi connectivity index (χ3v) is 3.48. The third-order valence-electron chi connectivity index (χ3n) is 3.48. The molecule has 0 amide bonds. The number of Topliss-reactive ketones (excluding diaryl/α,β-unsaturated/α-hetero) is 2. The summed E-state index contributed by atoms with van der Waals surface area (Å²) in [5, 5.41) is 9.07. The van der Waals surface area contributed by atoms with Gasteiger partial charge in [-0.15, -0.1) is 0 Å². The lowest BCUT2D eigenvalue weighted by molar-refractivity contribution is -0.176. The Morgan fingerprint density at radius 2 is 1.60 bits per heavy atom. The molecule has 1 N–H and O–H groups in total. The molecule has 8 heteroatoms. The largest absolute Gasteiger partial charge is 0.478 e. The average molecular weight is 358 g/mol. The molecule has 0 aromatic rings. The highest BCUT2D eigenvalue weighted by atomic mass is 16.6. The zero-order valence-electron chi connectivity index (χ0n) is 15.1. The minimum Gasteiger partial charge on any atom is -0.478 e. The number of unbranched alkanes of at least 4 members (excludes halogenated alkanes) is 2. The molecule has 0 aromatic carbocycles. The summed E-state index contributed by atoms with van der Waals surface area (Å²) in [4.78, 5) is 57.8. The molecule has 0 aliphatic rings. The van der Waals surface area contributed by atoms with Crippen LogP contribution < -0.4 is 0 Å². The Morgan fingerprint density at radius 3 is 2.04 bits per heavy atom. The predicted octanol–water partition coefficient (Wildman–Crippen LogP) is 1.68. The first-order valence-corrected chi connectivity index (χ1v) is 8.22. The number of carbonyl (C=O) groups is 5. The molecule has 0 aromatic heterocycles. The molecule has 0 aliphatic heterocycles. The van der Waals surface area contributed by atoms with Gasteiger partial charge in [-0.05, 0) is 20.3 Å². The van der Waals surface area contributed by atoms with Gasteiger partial charge in [0.25, 0.3) is 0 Å². The van der Waals surface area contributed by atoms with E-state index in [2.05, 4.69) is 4.74 Å². The Balaban J connectivity index is 5.03. The second-order valence-corrected chi connectivity index (χ2v) is 5.91. The van der Waals surface area contributed by atoms with Gasteiger partial charge in [0.15, 0.2) is 11.9 Å². The van der Waals surface area contributed by atoms with Crippen LogP contribution in [0.15, 0.2) is 0 Å². The van der Waals surface area contributed by atoms with Crippen molar-refractivity contribution in [2.45, 2.75) is 72.0 Å². The molecule has 0 radical (unpaired) electrons. The van der Waals surface area contributed by atoms with Crippen LogP contribution in [-0.4, -0.2) is 46.8 Å². The number of carboxylic acid groups (broad SMARTS) is 1. The van der Waals surface area contributed by atoms with Gasteiger partial charge in [-0.2, -0.15) is 0 Å². The fourth-order valence-corrected chi connectivity index (χ4v) is 2.11. The summed E-state index contributed by atoms with van der Waals surface area (Å²) in [5.74, 6) is -5.41. The molecule has 0 fully saturated rings. The normalized spacial score (nSPS) is 14.1. The molecule has 0 saturated carbocycles. The van der Waals surface area contributed by atoms with Crippen LogP contribution >= 0.6 is 0 Å². The topological polar surface area (TPSA) is 124 Å². The van der Waals surface area contributed by atoms with Crippen LogP contribution in [0.25, 0.3) is 0 Å². The molecule has 0 heterocycles. The molecule has 0 unspecified atom stereocenters. The summed E-state index contributed by atoms with van der Waals surface area (Å²) in [7, 11) is 0. The molecule has 0 bridgehead atoms. The number of esters is 2. The Kier molecular flexibility index (Phi) is 10.3. The number of carboxylic acids is 1. The summed E-state index contributed by atoms with van der Waals surface area (Å²) in [6.07, 6.45) is -0.730. The van der Waals surface area contributed by atoms with Gasteiger partial charge >= 0.3 is 17.9 Å². The van der Waals surface area contributed by atoms with Crippen molar-refractivity contribution in [3.63, 3.8) is 0 Å². The van der Waals surface area contributed by atoms with Gasteiger partial charge in [0.1, 0.15) is 11.7 Å². The van der Waals surface area contributed by atoms with Crippen molar-refractivity contribution in [3.8, 4) is 0 Å². The maximum absolute atomic E-state index is 12.2. The van der Waals surface area contributed by atoms with E-state index in [1.807, 2.05) is 6.92 Å². The van der Waals surface area contributed by atoms with Crippen molar-refractivity contribution in [2.75, 3.05) is 0 Å². The van der Waals surface area contributed by atoms with Gasteiger partial charge < -0.3 is 14.6 Å². The summed E-state index contributed by atoms with van der Waals surface area (Å²) in [5.41, 5.74) is 0. The van der Waals surface area contributed by atoms with Crippen LogP contribution in [0.5, 0.6) is 0 Å². The van der Waals surface area contributed by atoms with Crippen LogP contribution in [0, 0.1) is 5.92 Å². The van der Waals surface area contributed by atoms with Crippen molar-refractivity contribution < 1.29 is 38.6 Å². The second-order valence-electron chi connectivity index (χ2n) is 5.91. The fourth-order valence-electron chi connectivity index (χ4n) is 2.11. The van der Waals surface area contributed by atoms with Gasteiger partial charge in [-0.3, -0.25) is 19.2 Å². The summed E-state index contributed by atoms with van der Waals surface area (Å²) < 4.78 is 9.67.